The summed E-state index contributed by atoms with van der Waals surface area (Å²) in [5.41, 5.74) is 5.64. The molecule has 6 rings (SSSR count). The van der Waals surface area contributed by atoms with E-state index >= 15 is 0 Å². The van der Waals surface area contributed by atoms with E-state index in [1.54, 1.807) is 0 Å². The third-order valence-electron chi connectivity index (χ3n) is 11.3. The molecule has 3 aromatic rings. The van der Waals surface area contributed by atoms with Crippen molar-refractivity contribution in [1.82, 2.24) is 4.90 Å². The SMILES string of the molecule is CC(C)(C)[Si](C)(C)Oc1ccc2c(c1)O[C@@H](c1ccc(OCCN3CCSCC3)cc1)C1=C2CCOc2cc(O[Si](C)(C)C(C)(C)C)ccc21. The van der Waals surface area contributed by atoms with Crippen molar-refractivity contribution in [2.24, 2.45) is 0 Å². The summed E-state index contributed by atoms with van der Waals surface area (Å²) in [4.78, 5) is 2.49. The Kier molecular flexibility index (Phi) is 10.5. The van der Waals surface area contributed by atoms with Gasteiger partial charge >= 0.3 is 0 Å². The second-order valence-electron chi connectivity index (χ2n) is 16.9. The van der Waals surface area contributed by atoms with Gasteiger partial charge in [0.15, 0.2) is 0 Å². The summed E-state index contributed by atoms with van der Waals surface area (Å²) in [5.74, 6) is 6.73. The second kappa shape index (κ2) is 14.3. The van der Waals surface area contributed by atoms with Crippen molar-refractivity contribution < 1.29 is 23.1 Å². The van der Waals surface area contributed by atoms with Gasteiger partial charge in [0.25, 0.3) is 0 Å². The molecule has 0 unspecified atom stereocenters. The van der Waals surface area contributed by atoms with Crippen LogP contribution in [0.25, 0.3) is 11.1 Å². The Morgan fingerprint density at radius 3 is 1.90 bits per heavy atom. The van der Waals surface area contributed by atoms with Crippen LogP contribution in [0.15, 0.2) is 60.7 Å². The number of ether oxygens (including phenoxy) is 3. The molecule has 9 heteroatoms. The number of benzene rings is 3. The fraction of sp³-hybridized carbons (Fsp3) is 0.512. The molecule has 3 aromatic carbocycles. The van der Waals surface area contributed by atoms with Gasteiger partial charge in [-0.1, -0.05) is 53.7 Å². The molecule has 0 aliphatic carbocycles. The lowest BCUT2D eigenvalue weighted by Crippen LogP contribution is -2.43. The Morgan fingerprint density at radius 2 is 1.30 bits per heavy atom. The van der Waals surface area contributed by atoms with Gasteiger partial charge in [-0.2, -0.15) is 11.8 Å². The van der Waals surface area contributed by atoms with E-state index < -0.39 is 16.6 Å². The van der Waals surface area contributed by atoms with Crippen molar-refractivity contribution in [3.63, 3.8) is 0 Å². The van der Waals surface area contributed by atoms with Crippen molar-refractivity contribution >= 4 is 39.5 Å². The molecule has 1 saturated heterocycles. The summed E-state index contributed by atoms with van der Waals surface area (Å²) in [6.45, 7) is 27.3. The summed E-state index contributed by atoms with van der Waals surface area (Å²) in [5, 5.41) is 0.187. The third kappa shape index (κ3) is 7.96. The molecule has 50 heavy (non-hydrogen) atoms. The molecule has 3 heterocycles. The highest BCUT2D eigenvalue weighted by atomic mass is 32.2. The molecule has 3 aliphatic rings. The molecule has 0 aromatic heterocycles. The molecule has 0 radical (unpaired) electrons. The largest absolute Gasteiger partial charge is 0.543 e. The minimum Gasteiger partial charge on any atom is -0.543 e. The summed E-state index contributed by atoms with van der Waals surface area (Å²) in [7, 11) is -4.07. The summed E-state index contributed by atoms with van der Waals surface area (Å²) in [6, 6.07) is 21.3. The second-order valence-corrected chi connectivity index (χ2v) is 27.6. The van der Waals surface area contributed by atoms with Gasteiger partial charge < -0.3 is 23.1 Å². The van der Waals surface area contributed by atoms with Gasteiger partial charge in [-0.05, 0) is 83.8 Å². The molecule has 0 spiro atoms. The number of rotatable bonds is 9. The zero-order valence-electron chi connectivity index (χ0n) is 31.9. The first-order chi connectivity index (χ1) is 23.5. The number of hydrogen-bond acceptors (Lipinski definition) is 7. The topological polar surface area (TPSA) is 49.4 Å². The van der Waals surface area contributed by atoms with Crippen LogP contribution in [0.5, 0.6) is 28.7 Å². The third-order valence-corrected chi connectivity index (χ3v) is 20.9. The standard InChI is InChI=1S/C41H57NO5SSi2/c1-40(2,3)49(7,8)46-31-16-18-35-36(27-31)44-23-19-34-33-17-15-32(47-50(9,10)41(4,5)6)28-37(33)45-39(38(34)35)29-11-13-30(14-12-29)43-24-20-42-21-25-48-26-22-42/h11-18,27-28,39H,19-26H2,1-10H3/t39-/m0/s1. The van der Waals surface area contributed by atoms with Crippen LogP contribution in [0, 0.1) is 0 Å². The quantitative estimate of drug-likeness (QED) is 0.203. The average Bonchev–Trinajstić information content (AvgIpc) is 3.23. The van der Waals surface area contributed by atoms with Crippen molar-refractivity contribution in [3.05, 3.63) is 77.4 Å². The lowest BCUT2D eigenvalue weighted by Gasteiger charge is -2.37. The molecule has 3 aliphatic heterocycles. The van der Waals surface area contributed by atoms with E-state index in [4.69, 9.17) is 23.1 Å². The number of thioether (sulfide) groups is 1. The van der Waals surface area contributed by atoms with E-state index in [2.05, 4.69) is 133 Å². The monoisotopic (exact) mass is 731 g/mol. The Labute approximate surface area is 307 Å². The highest BCUT2D eigenvalue weighted by Gasteiger charge is 2.41. The maximum atomic E-state index is 7.04. The van der Waals surface area contributed by atoms with Gasteiger partial charge in [0.05, 0.1) is 6.61 Å². The van der Waals surface area contributed by atoms with Crippen molar-refractivity contribution in [3.8, 4) is 28.7 Å². The molecule has 0 amide bonds. The lowest BCUT2D eigenvalue weighted by atomic mass is 9.84. The molecule has 270 valence electrons. The maximum Gasteiger partial charge on any atom is 0.250 e. The normalized spacial score (nSPS) is 18.6. The summed E-state index contributed by atoms with van der Waals surface area (Å²) >= 11 is 2.04. The molecule has 6 nitrogen and oxygen atoms in total. The van der Waals surface area contributed by atoms with Gasteiger partial charge in [0, 0.05) is 66.4 Å². The summed E-state index contributed by atoms with van der Waals surface area (Å²) in [6.07, 6.45) is 0.446. The highest BCUT2D eigenvalue weighted by molar-refractivity contribution is 7.99. The van der Waals surface area contributed by atoms with E-state index in [9.17, 15) is 0 Å². The minimum atomic E-state index is -2.04. The molecule has 0 N–H and O–H groups in total. The first kappa shape index (κ1) is 36.9. The molecule has 1 fully saturated rings. The average molecular weight is 732 g/mol. The number of hydrogen-bond donors (Lipinski definition) is 0. The Bertz CT molecular complexity index is 1700. The van der Waals surface area contributed by atoms with Crippen LogP contribution in [-0.2, 0) is 0 Å². The van der Waals surface area contributed by atoms with Crippen LogP contribution >= 0.6 is 11.8 Å². The van der Waals surface area contributed by atoms with Crippen LogP contribution in [0.1, 0.15) is 70.8 Å². The van der Waals surface area contributed by atoms with E-state index in [0.717, 1.165) is 77.1 Å². The molecule has 1 atom stereocenters. The first-order valence-electron chi connectivity index (χ1n) is 18.2. The van der Waals surface area contributed by atoms with Crippen LogP contribution in [-0.4, -0.2) is 65.9 Å². The van der Waals surface area contributed by atoms with Crippen LogP contribution in [0.2, 0.25) is 36.3 Å². The predicted octanol–water partition coefficient (Wildman–Crippen LogP) is 10.7. The van der Waals surface area contributed by atoms with Crippen LogP contribution in [0.3, 0.4) is 0 Å². The fourth-order valence-electron chi connectivity index (χ4n) is 6.13. The number of nitrogens with zero attached hydrogens (tertiary/aromatic N) is 1. The van der Waals surface area contributed by atoms with Gasteiger partial charge in [-0.15, -0.1) is 0 Å². The lowest BCUT2D eigenvalue weighted by molar-refractivity contribution is 0.222. The van der Waals surface area contributed by atoms with E-state index in [0.29, 0.717) is 13.2 Å². The Morgan fingerprint density at radius 1 is 0.740 bits per heavy atom. The smallest absolute Gasteiger partial charge is 0.250 e. The highest BCUT2D eigenvalue weighted by Crippen LogP contribution is 2.53. The maximum absolute atomic E-state index is 7.04. The molecule has 0 bridgehead atoms. The minimum absolute atomic E-state index is 0.0914. The predicted molar refractivity (Wildman–Crippen MR) is 215 cm³/mol. The Hall–Kier alpha value is -2.86. The fourth-order valence-corrected chi connectivity index (χ4v) is 9.16. The van der Waals surface area contributed by atoms with Gasteiger partial charge in [0.1, 0.15) is 41.5 Å². The zero-order chi connectivity index (χ0) is 35.9. The van der Waals surface area contributed by atoms with Crippen molar-refractivity contribution in [2.45, 2.75) is 90.3 Å². The first-order valence-corrected chi connectivity index (χ1v) is 25.2. The molecular weight excluding hydrogens is 675 g/mol. The van der Waals surface area contributed by atoms with Crippen LogP contribution in [0.4, 0.5) is 0 Å². The van der Waals surface area contributed by atoms with Crippen molar-refractivity contribution in [1.29, 1.82) is 0 Å². The number of fused-ring (bicyclic) bond motifs is 4. The van der Waals surface area contributed by atoms with Crippen LogP contribution < -0.4 is 23.1 Å². The van der Waals surface area contributed by atoms with E-state index in [1.165, 1.54) is 17.1 Å². The molecule has 0 saturated carbocycles. The van der Waals surface area contributed by atoms with Gasteiger partial charge in [0.2, 0.25) is 16.6 Å². The van der Waals surface area contributed by atoms with Crippen molar-refractivity contribution in [2.75, 3.05) is 44.4 Å². The Balaban J connectivity index is 1.35. The van der Waals surface area contributed by atoms with E-state index in [1.807, 2.05) is 11.8 Å². The van der Waals surface area contributed by atoms with Gasteiger partial charge in [-0.3, -0.25) is 4.90 Å². The zero-order valence-corrected chi connectivity index (χ0v) is 34.7. The van der Waals surface area contributed by atoms with Gasteiger partial charge in [-0.25, -0.2) is 0 Å². The molecular formula is C41H57NO5SSi2. The van der Waals surface area contributed by atoms with E-state index in [-0.39, 0.29) is 16.2 Å². The summed E-state index contributed by atoms with van der Waals surface area (Å²) < 4.78 is 33.2.